The van der Waals surface area contributed by atoms with Crippen molar-refractivity contribution < 1.29 is 19.4 Å². The Morgan fingerprint density at radius 2 is 1.61 bits per heavy atom. The first-order chi connectivity index (χ1) is 16.2. The van der Waals surface area contributed by atoms with Crippen molar-refractivity contribution in [1.82, 2.24) is 4.98 Å². The Morgan fingerprint density at radius 1 is 0.818 bits per heavy atom. The molecule has 0 aliphatic rings. The summed E-state index contributed by atoms with van der Waals surface area (Å²) in [6.07, 6.45) is 0.00285. The lowest BCUT2D eigenvalue weighted by atomic mass is 10.0. The van der Waals surface area contributed by atoms with Crippen molar-refractivity contribution in [2.75, 3.05) is 6.61 Å². The third-order valence-electron chi connectivity index (χ3n) is 5.74. The van der Waals surface area contributed by atoms with E-state index in [0.29, 0.717) is 19.4 Å². The number of carboxylic acid groups (broad SMARTS) is 1. The number of nitrogens with one attached hydrogen (secondary N) is 1. The van der Waals surface area contributed by atoms with E-state index in [1.54, 1.807) is 0 Å². The van der Waals surface area contributed by atoms with E-state index in [1.165, 1.54) is 0 Å². The molecule has 0 radical (unpaired) electrons. The molecule has 33 heavy (non-hydrogen) atoms. The Hall–Kier alpha value is -4.25. The molecule has 5 nitrogen and oxygen atoms in total. The molecule has 0 aliphatic carbocycles. The van der Waals surface area contributed by atoms with Crippen LogP contribution in [0.5, 0.6) is 11.6 Å². The Morgan fingerprint density at radius 3 is 2.45 bits per heavy atom. The highest BCUT2D eigenvalue weighted by atomic mass is 16.7. The van der Waals surface area contributed by atoms with Crippen LogP contribution in [0.4, 0.5) is 4.79 Å². The molecule has 5 aromatic rings. The minimum atomic E-state index is -1.34. The van der Waals surface area contributed by atoms with Crippen LogP contribution in [0.1, 0.15) is 12.0 Å². The summed E-state index contributed by atoms with van der Waals surface area (Å²) in [7, 11) is 0. The molecule has 0 unspecified atom stereocenters. The second-order valence-electron chi connectivity index (χ2n) is 7.86. The summed E-state index contributed by atoms with van der Waals surface area (Å²) in [5.74, 6) is 1.12. The summed E-state index contributed by atoms with van der Waals surface area (Å²) in [5, 5.41) is 12.4. The molecule has 0 spiro atoms. The number of aromatic nitrogens is 1. The predicted molar refractivity (Wildman–Crippen MR) is 130 cm³/mol. The van der Waals surface area contributed by atoms with E-state index in [0.717, 1.165) is 44.1 Å². The molecule has 0 saturated heterocycles. The fourth-order valence-corrected chi connectivity index (χ4v) is 4.22. The van der Waals surface area contributed by atoms with Gasteiger partial charge in [-0.1, -0.05) is 78.9 Å². The van der Waals surface area contributed by atoms with Gasteiger partial charge in [-0.15, -0.1) is 0 Å². The van der Waals surface area contributed by atoms with Gasteiger partial charge in [-0.05, 0) is 41.5 Å². The number of hydrogen-bond acceptors (Lipinski definition) is 3. The SMILES string of the molecule is O=C(O)Oc1[nH]c2cc(-c3ccccc3)ccc2c1CCCOc1cccc2ccccc12. The molecule has 5 rings (SSSR count). The average molecular weight is 437 g/mol. The molecule has 0 bridgehead atoms. The van der Waals surface area contributed by atoms with Crippen molar-refractivity contribution in [3.05, 3.63) is 96.6 Å². The number of aromatic amines is 1. The standard InChI is InChI=1S/C28H23NO4/c30-28(31)33-27-24(13-7-17-32-26-14-6-11-20-10-4-5-12-22(20)26)23-16-15-21(18-25(23)29-27)19-8-2-1-3-9-19/h1-6,8-12,14-16,18,29H,7,13,17H2,(H,30,31). The van der Waals surface area contributed by atoms with Crippen LogP contribution < -0.4 is 9.47 Å². The van der Waals surface area contributed by atoms with Crippen molar-refractivity contribution in [2.24, 2.45) is 0 Å². The van der Waals surface area contributed by atoms with E-state index in [2.05, 4.69) is 17.1 Å². The molecule has 0 saturated carbocycles. The summed E-state index contributed by atoms with van der Waals surface area (Å²) in [4.78, 5) is 14.4. The fraction of sp³-hybridized carbons (Fsp3) is 0.107. The number of fused-ring (bicyclic) bond motifs is 2. The van der Waals surface area contributed by atoms with Gasteiger partial charge in [0.1, 0.15) is 5.75 Å². The van der Waals surface area contributed by atoms with Crippen LogP contribution in [0.3, 0.4) is 0 Å². The zero-order valence-electron chi connectivity index (χ0n) is 18.0. The summed E-state index contributed by atoms with van der Waals surface area (Å²) in [6, 6.07) is 30.3. The fourth-order valence-electron chi connectivity index (χ4n) is 4.22. The van der Waals surface area contributed by atoms with Crippen LogP contribution in [0, 0.1) is 0 Å². The normalized spacial score (nSPS) is 11.0. The lowest BCUT2D eigenvalue weighted by Crippen LogP contribution is -2.06. The highest BCUT2D eigenvalue weighted by molar-refractivity contribution is 5.90. The number of rotatable bonds is 7. The molecule has 0 aliphatic heterocycles. The Balaban J connectivity index is 1.36. The number of aryl methyl sites for hydroxylation is 1. The Bertz CT molecular complexity index is 1420. The molecule has 0 fully saturated rings. The van der Waals surface area contributed by atoms with Crippen molar-refractivity contribution >= 4 is 27.8 Å². The molecule has 164 valence electrons. The smallest absolute Gasteiger partial charge is 0.493 e. The van der Waals surface area contributed by atoms with Gasteiger partial charge < -0.3 is 19.6 Å². The highest BCUT2D eigenvalue weighted by Gasteiger charge is 2.16. The molecule has 1 aromatic heterocycles. The van der Waals surface area contributed by atoms with Gasteiger partial charge in [0, 0.05) is 21.9 Å². The number of carbonyl (C=O) groups is 1. The van der Waals surface area contributed by atoms with Crippen LogP contribution >= 0.6 is 0 Å². The largest absolute Gasteiger partial charge is 0.512 e. The maximum absolute atomic E-state index is 11.3. The molecular formula is C28H23NO4. The third kappa shape index (κ3) is 4.39. The van der Waals surface area contributed by atoms with Gasteiger partial charge >= 0.3 is 6.16 Å². The minimum Gasteiger partial charge on any atom is -0.493 e. The van der Waals surface area contributed by atoms with Gasteiger partial charge in [0.05, 0.1) is 6.61 Å². The quantitative estimate of drug-likeness (QED) is 0.211. The van der Waals surface area contributed by atoms with Crippen LogP contribution in [-0.2, 0) is 6.42 Å². The van der Waals surface area contributed by atoms with Crippen LogP contribution in [-0.4, -0.2) is 22.9 Å². The first-order valence-electron chi connectivity index (χ1n) is 10.9. The summed E-state index contributed by atoms with van der Waals surface area (Å²) in [5.41, 5.74) is 3.84. The molecule has 0 atom stereocenters. The predicted octanol–water partition coefficient (Wildman–Crippen LogP) is 7.06. The van der Waals surface area contributed by atoms with Crippen molar-refractivity contribution in [3.8, 4) is 22.8 Å². The Kier molecular flexibility index (Phi) is 5.68. The molecular weight excluding hydrogens is 414 g/mol. The van der Waals surface area contributed by atoms with Crippen LogP contribution in [0.25, 0.3) is 32.8 Å². The number of benzene rings is 4. The first-order valence-corrected chi connectivity index (χ1v) is 10.9. The van der Waals surface area contributed by atoms with E-state index < -0.39 is 6.16 Å². The van der Waals surface area contributed by atoms with Gasteiger partial charge in [0.15, 0.2) is 0 Å². The lowest BCUT2D eigenvalue weighted by Gasteiger charge is -2.09. The van der Waals surface area contributed by atoms with E-state index in [9.17, 15) is 9.90 Å². The van der Waals surface area contributed by atoms with Crippen molar-refractivity contribution in [2.45, 2.75) is 12.8 Å². The zero-order valence-corrected chi connectivity index (χ0v) is 18.0. The van der Waals surface area contributed by atoms with Gasteiger partial charge in [-0.3, -0.25) is 0 Å². The second kappa shape index (κ2) is 9.09. The van der Waals surface area contributed by atoms with E-state index in [-0.39, 0.29) is 5.88 Å². The molecule has 0 amide bonds. The van der Waals surface area contributed by atoms with E-state index in [1.807, 2.05) is 78.9 Å². The van der Waals surface area contributed by atoms with Crippen molar-refractivity contribution in [1.29, 1.82) is 0 Å². The molecule has 4 aromatic carbocycles. The average Bonchev–Trinajstić information content (AvgIpc) is 3.18. The van der Waals surface area contributed by atoms with Gasteiger partial charge in [0.25, 0.3) is 0 Å². The minimum absolute atomic E-state index is 0.271. The second-order valence-corrected chi connectivity index (χ2v) is 7.86. The first kappa shape index (κ1) is 20.6. The van der Waals surface area contributed by atoms with Gasteiger partial charge in [-0.2, -0.15) is 0 Å². The monoisotopic (exact) mass is 437 g/mol. The maximum atomic E-state index is 11.3. The third-order valence-corrected chi connectivity index (χ3v) is 5.74. The Labute approximate surface area is 191 Å². The van der Waals surface area contributed by atoms with Gasteiger partial charge in [0.2, 0.25) is 5.88 Å². The number of ether oxygens (including phenoxy) is 2. The highest BCUT2D eigenvalue weighted by Crippen LogP contribution is 2.33. The summed E-state index contributed by atoms with van der Waals surface area (Å²) < 4.78 is 11.1. The number of hydrogen-bond donors (Lipinski definition) is 2. The topological polar surface area (TPSA) is 71.5 Å². The number of H-pyrrole nitrogens is 1. The van der Waals surface area contributed by atoms with Crippen LogP contribution in [0.15, 0.2) is 91.0 Å². The van der Waals surface area contributed by atoms with E-state index in [4.69, 9.17) is 9.47 Å². The maximum Gasteiger partial charge on any atom is 0.512 e. The summed E-state index contributed by atoms with van der Waals surface area (Å²) >= 11 is 0. The summed E-state index contributed by atoms with van der Waals surface area (Å²) in [6.45, 7) is 0.509. The van der Waals surface area contributed by atoms with Gasteiger partial charge in [-0.25, -0.2) is 4.79 Å². The van der Waals surface area contributed by atoms with Crippen LogP contribution in [0.2, 0.25) is 0 Å². The van der Waals surface area contributed by atoms with E-state index >= 15 is 0 Å². The molecule has 1 heterocycles. The molecule has 5 heteroatoms. The molecule has 2 N–H and O–H groups in total. The zero-order chi connectivity index (χ0) is 22.6. The van der Waals surface area contributed by atoms with Crippen molar-refractivity contribution in [3.63, 3.8) is 0 Å². The lowest BCUT2D eigenvalue weighted by molar-refractivity contribution is 0.142.